The summed E-state index contributed by atoms with van der Waals surface area (Å²) in [6.07, 6.45) is 1.77. The van der Waals surface area contributed by atoms with Gasteiger partial charge in [0.15, 0.2) is 5.58 Å². The Bertz CT molecular complexity index is 2070. The number of ether oxygens (including phenoxy) is 1. The van der Waals surface area contributed by atoms with Crippen LogP contribution in [0.2, 0.25) is 0 Å². The first-order valence-corrected chi connectivity index (χ1v) is 16.0. The molecule has 0 saturated carbocycles. The number of likely N-dealkylation sites (tertiary alicyclic amines) is 1. The number of hydrogen-bond donors (Lipinski definition) is 2. The third-order valence-electron chi connectivity index (χ3n) is 9.39. The molecule has 11 nitrogen and oxygen atoms in total. The molecule has 0 aliphatic carbocycles. The van der Waals surface area contributed by atoms with E-state index in [1.165, 1.54) is 6.07 Å². The summed E-state index contributed by atoms with van der Waals surface area (Å²) in [5.41, 5.74) is 7.10. The summed E-state index contributed by atoms with van der Waals surface area (Å²) < 4.78 is 44.0. The minimum atomic E-state index is -3.07. The van der Waals surface area contributed by atoms with Gasteiger partial charge in [-0.2, -0.15) is 8.78 Å². The van der Waals surface area contributed by atoms with Gasteiger partial charge in [0, 0.05) is 48.8 Å². The summed E-state index contributed by atoms with van der Waals surface area (Å²) in [6.45, 7) is 2.48. The van der Waals surface area contributed by atoms with Crippen molar-refractivity contribution >= 4 is 23.0 Å². The summed E-state index contributed by atoms with van der Waals surface area (Å²) in [6, 6.07) is 14.0. The van der Waals surface area contributed by atoms with Crippen molar-refractivity contribution in [1.29, 1.82) is 0 Å². The number of nitrogens with zero attached hydrogens (tertiary/aromatic N) is 4. The summed E-state index contributed by atoms with van der Waals surface area (Å²) in [5.74, 6) is -0.354. The number of alkyl halides is 2. The highest BCUT2D eigenvalue weighted by Crippen LogP contribution is 2.39. The fraction of sp³-hybridized carbons (Fsp3) is 0.333. The van der Waals surface area contributed by atoms with Crippen molar-refractivity contribution in [2.45, 2.75) is 58.9 Å². The molecular weight excluding hydrogens is 638 g/mol. The van der Waals surface area contributed by atoms with Gasteiger partial charge in [-0.3, -0.25) is 19.4 Å². The molecular formula is C36H34F2N4O7. The molecule has 49 heavy (non-hydrogen) atoms. The Balaban J connectivity index is 1.21. The number of carboxylic acids is 2. The van der Waals surface area contributed by atoms with Gasteiger partial charge >= 0.3 is 18.6 Å². The second kappa shape index (κ2) is 13.1. The van der Waals surface area contributed by atoms with Crippen molar-refractivity contribution in [3.05, 3.63) is 76.7 Å². The summed E-state index contributed by atoms with van der Waals surface area (Å²) in [5, 5.41) is 18.8. The minimum absolute atomic E-state index is 0.0521. The number of oxazole rings is 2. The van der Waals surface area contributed by atoms with Crippen molar-refractivity contribution < 1.29 is 42.2 Å². The predicted octanol–water partition coefficient (Wildman–Crippen LogP) is 6.53. The van der Waals surface area contributed by atoms with Crippen LogP contribution >= 0.6 is 0 Å². The topological polar surface area (TPSA) is 142 Å². The van der Waals surface area contributed by atoms with Gasteiger partial charge in [-0.1, -0.05) is 24.3 Å². The quantitative estimate of drug-likeness (QED) is 0.167. The zero-order chi connectivity index (χ0) is 34.4. The standard InChI is InChI=1S/C36H34F2N4O7/c1-19-22(23-7-4-9-25(20(23)2)34-40-27-17-41(18-32(43)44)13-11-29(27)47-34)6-3-8-24(19)33-39-26-14-21(16-42-12-5-10-28(42)35(45)46)30(49-36(37)38)15-31(26)48-33/h3-4,6-9,14-15,28,36H,5,10-13,16-18H2,1-2H3,(H,43,44)(H,45,46)/t28-/m0/s1. The van der Waals surface area contributed by atoms with Gasteiger partial charge in [0.05, 0.1) is 12.2 Å². The molecule has 1 atom stereocenters. The van der Waals surface area contributed by atoms with Crippen LogP contribution in [0.15, 0.2) is 57.4 Å². The molecule has 0 unspecified atom stereocenters. The molecule has 0 spiro atoms. The van der Waals surface area contributed by atoms with E-state index < -0.39 is 24.6 Å². The second-order valence-electron chi connectivity index (χ2n) is 12.5. The highest BCUT2D eigenvalue weighted by molar-refractivity contribution is 5.84. The van der Waals surface area contributed by atoms with Crippen molar-refractivity contribution in [1.82, 2.24) is 19.8 Å². The molecule has 2 aromatic heterocycles. The number of halogens is 2. The largest absolute Gasteiger partial charge is 0.480 e. The predicted molar refractivity (Wildman–Crippen MR) is 174 cm³/mol. The molecule has 0 radical (unpaired) electrons. The number of carboxylic acid groups (broad SMARTS) is 2. The van der Waals surface area contributed by atoms with E-state index in [1.54, 1.807) is 11.0 Å². The Kier molecular flexibility index (Phi) is 8.63. The molecule has 0 amide bonds. The molecule has 4 heterocycles. The number of fused-ring (bicyclic) bond motifs is 2. The monoisotopic (exact) mass is 672 g/mol. The van der Waals surface area contributed by atoms with Gasteiger partial charge in [-0.05, 0) is 73.7 Å². The molecule has 0 bridgehead atoms. The van der Waals surface area contributed by atoms with Gasteiger partial charge in [-0.15, -0.1) is 0 Å². The lowest BCUT2D eigenvalue weighted by Gasteiger charge is -2.22. The molecule has 7 rings (SSSR count). The zero-order valence-corrected chi connectivity index (χ0v) is 26.9. The molecule has 254 valence electrons. The van der Waals surface area contributed by atoms with Gasteiger partial charge < -0.3 is 23.8 Å². The highest BCUT2D eigenvalue weighted by Gasteiger charge is 2.32. The average molecular weight is 673 g/mol. The van der Waals surface area contributed by atoms with E-state index in [-0.39, 0.29) is 24.4 Å². The van der Waals surface area contributed by atoms with E-state index in [0.717, 1.165) is 39.3 Å². The van der Waals surface area contributed by atoms with E-state index in [4.69, 9.17) is 23.5 Å². The Hall–Kier alpha value is -5.14. The Labute approximate surface area is 279 Å². The molecule has 2 N–H and O–H groups in total. The van der Waals surface area contributed by atoms with Crippen LogP contribution in [0.4, 0.5) is 8.78 Å². The molecule has 5 aromatic rings. The average Bonchev–Trinajstić information content (AvgIpc) is 3.79. The SMILES string of the molecule is Cc1c(-c2nc3c(o2)CCN(CC(=O)O)C3)cccc1-c1cccc(-c2nc3cc(CN4CCC[C@H]4C(=O)O)c(OC(F)F)cc3o2)c1C. The maximum Gasteiger partial charge on any atom is 0.387 e. The third-order valence-corrected chi connectivity index (χ3v) is 9.39. The lowest BCUT2D eigenvalue weighted by Crippen LogP contribution is -2.35. The van der Waals surface area contributed by atoms with Crippen LogP contribution in [0.1, 0.15) is 41.0 Å². The van der Waals surface area contributed by atoms with Crippen LogP contribution in [0.3, 0.4) is 0 Å². The van der Waals surface area contributed by atoms with Crippen molar-refractivity contribution in [2.24, 2.45) is 0 Å². The number of aromatic nitrogens is 2. The smallest absolute Gasteiger partial charge is 0.387 e. The number of carbonyl (C=O) groups is 2. The van der Waals surface area contributed by atoms with Crippen LogP contribution in [0.5, 0.6) is 5.75 Å². The van der Waals surface area contributed by atoms with Crippen LogP contribution in [-0.2, 0) is 29.1 Å². The minimum Gasteiger partial charge on any atom is -0.480 e. The lowest BCUT2D eigenvalue weighted by atomic mass is 9.91. The van der Waals surface area contributed by atoms with E-state index >= 15 is 0 Å². The van der Waals surface area contributed by atoms with Crippen LogP contribution in [0.25, 0.3) is 45.1 Å². The van der Waals surface area contributed by atoms with Crippen molar-refractivity contribution in [3.8, 4) is 39.8 Å². The fourth-order valence-electron chi connectivity index (χ4n) is 6.97. The summed E-state index contributed by atoms with van der Waals surface area (Å²) in [7, 11) is 0. The summed E-state index contributed by atoms with van der Waals surface area (Å²) >= 11 is 0. The van der Waals surface area contributed by atoms with Crippen LogP contribution in [-0.4, -0.2) is 74.2 Å². The molecule has 1 fully saturated rings. The number of hydrogen-bond acceptors (Lipinski definition) is 9. The Morgan fingerprint density at radius 2 is 1.63 bits per heavy atom. The normalized spacial score (nSPS) is 16.8. The zero-order valence-electron chi connectivity index (χ0n) is 26.9. The highest BCUT2D eigenvalue weighted by atomic mass is 19.3. The molecule has 2 aliphatic rings. The molecule has 13 heteroatoms. The van der Waals surface area contributed by atoms with Crippen LogP contribution in [0, 0.1) is 13.8 Å². The number of benzene rings is 3. The number of rotatable bonds is 10. The maximum atomic E-state index is 13.4. The maximum absolute atomic E-state index is 13.4. The molecule has 1 saturated heterocycles. The van der Waals surface area contributed by atoms with Gasteiger partial charge in [-0.25, -0.2) is 9.97 Å². The Morgan fingerprint density at radius 3 is 2.29 bits per heavy atom. The fourth-order valence-corrected chi connectivity index (χ4v) is 6.97. The first-order chi connectivity index (χ1) is 23.5. The van der Waals surface area contributed by atoms with Crippen molar-refractivity contribution in [3.63, 3.8) is 0 Å². The van der Waals surface area contributed by atoms with Gasteiger partial charge in [0.2, 0.25) is 11.8 Å². The second-order valence-corrected chi connectivity index (χ2v) is 12.5. The van der Waals surface area contributed by atoms with E-state index in [1.807, 2.05) is 55.1 Å². The Morgan fingerprint density at radius 1 is 0.959 bits per heavy atom. The first-order valence-electron chi connectivity index (χ1n) is 16.0. The lowest BCUT2D eigenvalue weighted by molar-refractivity contribution is -0.142. The summed E-state index contributed by atoms with van der Waals surface area (Å²) in [4.78, 5) is 36.0. The van der Waals surface area contributed by atoms with Gasteiger partial charge in [0.25, 0.3) is 0 Å². The first kappa shape index (κ1) is 32.4. The number of aliphatic carboxylic acids is 2. The van der Waals surface area contributed by atoms with Crippen molar-refractivity contribution in [2.75, 3.05) is 19.6 Å². The van der Waals surface area contributed by atoms with Crippen LogP contribution < -0.4 is 4.74 Å². The van der Waals surface area contributed by atoms with E-state index in [9.17, 15) is 28.6 Å². The molecule has 2 aliphatic heterocycles. The van der Waals surface area contributed by atoms with E-state index in [0.29, 0.717) is 67.3 Å². The van der Waals surface area contributed by atoms with E-state index in [2.05, 4.69) is 0 Å². The van der Waals surface area contributed by atoms with Gasteiger partial charge in [0.1, 0.15) is 23.1 Å². The molecule has 3 aromatic carbocycles. The third kappa shape index (κ3) is 6.39.